The number of carbonyl (C=O) groups is 2. The van der Waals surface area contributed by atoms with Crippen molar-refractivity contribution >= 4 is 28.5 Å². The maximum Gasteiger partial charge on any atom is 0.335 e. The largest absolute Gasteiger partial charge is 0.478 e. The summed E-state index contributed by atoms with van der Waals surface area (Å²) in [6.45, 7) is 1.97. The average molecular weight is 292 g/mol. The predicted octanol–water partition coefficient (Wildman–Crippen LogP) is 1.87. The van der Waals surface area contributed by atoms with Gasteiger partial charge in [0, 0.05) is 11.6 Å². The molecule has 0 radical (unpaired) electrons. The number of amides is 2. The molecule has 2 heterocycles. The number of aromatic carboxylic acids is 1. The molecule has 0 aliphatic rings. The lowest BCUT2D eigenvalue weighted by molar-refractivity contribution is 0.0696. The van der Waals surface area contributed by atoms with Crippen LogP contribution in [0.5, 0.6) is 0 Å². The predicted molar refractivity (Wildman–Crippen MR) is 73.9 cm³/mol. The number of carboxylic acids is 1. The van der Waals surface area contributed by atoms with Crippen molar-refractivity contribution in [3.63, 3.8) is 0 Å². The average Bonchev–Trinajstić information content (AvgIpc) is 2.82. The van der Waals surface area contributed by atoms with Crippen molar-refractivity contribution in [2.24, 2.45) is 0 Å². The van der Waals surface area contributed by atoms with E-state index in [0.29, 0.717) is 10.8 Å². The Hall–Kier alpha value is -2.48. The number of thiazole rings is 1. The van der Waals surface area contributed by atoms with Gasteiger partial charge in [-0.3, -0.25) is 10.3 Å². The minimum atomic E-state index is -1.03. The number of anilines is 1. The topological polar surface area (TPSA) is 104 Å². The van der Waals surface area contributed by atoms with Crippen LogP contribution < -0.4 is 10.6 Å². The number of urea groups is 1. The first kappa shape index (κ1) is 13.9. The van der Waals surface area contributed by atoms with Gasteiger partial charge in [0.2, 0.25) is 0 Å². The fourth-order valence-corrected chi connectivity index (χ4v) is 2.11. The van der Waals surface area contributed by atoms with Crippen molar-refractivity contribution in [3.05, 3.63) is 40.7 Å². The summed E-state index contributed by atoms with van der Waals surface area (Å²) in [5.41, 5.74) is 1.43. The first-order chi connectivity index (χ1) is 9.54. The lowest BCUT2D eigenvalue weighted by Gasteiger charge is -2.05. The Morgan fingerprint density at radius 1 is 1.45 bits per heavy atom. The standard InChI is InChI=1S/C12H12N4O3S/c1-7-6-20-12(15-7)16-11(19)14-5-9-4-8(10(17)18)2-3-13-9/h2-4,6H,5H2,1H3,(H,17,18)(H2,14,15,16,19). The molecule has 0 saturated heterocycles. The number of aryl methyl sites for hydroxylation is 1. The van der Waals surface area contributed by atoms with Crippen LogP contribution in [0.2, 0.25) is 0 Å². The van der Waals surface area contributed by atoms with Gasteiger partial charge in [0.15, 0.2) is 5.13 Å². The maximum atomic E-state index is 11.6. The molecule has 3 N–H and O–H groups in total. The van der Waals surface area contributed by atoms with Gasteiger partial charge >= 0.3 is 12.0 Å². The van der Waals surface area contributed by atoms with Crippen LogP contribution in [0.25, 0.3) is 0 Å². The number of nitrogens with one attached hydrogen (secondary N) is 2. The number of pyridine rings is 1. The Morgan fingerprint density at radius 2 is 2.25 bits per heavy atom. The van der Waals surface area contributed by atoms with E-state index < -0.39 is 12.0 Å². The highest BCUT2D eigenvalue weighted by Gasteiger charge is 2.07. The molecule has 0 spiro atoms. The molecule has 0 saturated carbocycles. The molecule has 2 rings (SSSR count). The molecular weight excluding hydrogens is 280 g/mol. The first-order valence-corrected chi connectivity index (χ1v) is 6.58. The third-order valence-electron chi connectivity index (χ3n) is 2.33. The number of hydrogen-bond donors (Lipinski definition) is 3. The van der Waals surface area contributed by atoms with Crippen molar-refractivity contribution in [1.29, 1.82) is 0 Å². The number of aromatic nitrogens is 2. The van der Waals surface area contributed by atoms with Gasteiger partial charge in [0.25, 0.3) is 0 Å². The lowest BCUT2D eigenvalue weighted by Crippen LogP contribution is -2.28. The van der Waals surface area contributed by atoms with Crippen molar-refractivity contribution < 1.29 is 14.7 Å². The highest BCUT2D eigenvalue weighted by molar-refractivity contribution is 7.13. The second-order valence-electron chi connectivity index (χ2n) is 3.94. The van der Waals surface area contributed by atoms with Gasteiger partial charge in [-0.25, -0.2) is 14.6 Å². The van der Waals surface area contributed by atoms with Crippen LogP contribution in [0.4, 0.5) is 9.93 Å². The number of carbonyl (C=O) groups excluding carboxylic acids is 1. The minimum Gasteiger partial charge on any atom is -0.478 e. The molecule has 0 aliphatic heterocycles. The fraction of sp³-hybridized carbons (Fsp3) is 0.167. The maximum absolute atomic E-state index is 11.6. The summed E-state index contributed by atoms with van der Waals surface area (Å²) >= 11 is 1.33. The van der Waals surface area contributed by atoms with E-state index in [9.17, 15) is 9.59 Å². The van der Waals surface area contributed by atoms with Crippen LogP contribution in [0.3, 0.4) is 0 Å². The molecule has 8 heteroatoms. The van der Waals surface area contributed by atoms with E-state index in [2.05, 4.69) is 20.6 Å². The summed E-state index contributed by atoms with van der Waals surface area (Å²) in [5.74, 6) is -1.03. The summed E-state index contributed by atoms with van der Waals surface area (Å²) in [4.78, 5) is 30.5. The van der Waals surface area contributed by atoms with Gasteiger partial charge in [-0.1, -0.05) is 0 Å². The highest BCUT2D eigenvalue weighted by atomic mass is 32.1. The number of hydrogen-bond acceptors (Lipinski definition) is 5. The third-order valence-corrected chi connectivity index (χ3v) is 3.21. The van der Waals surface area contributed by atoms with Gasteiger partial charge in [-0.05, 0) is 19.1 Å². The van der Waals surface area contributed by atoms with Gasteiger partial charge in [-0.15, -0.1) is 11.3 Å². The smallest absolute Gasteiger partial charge is 0.335 e. The fourth-order valence-electron chi connectivity index (χ4n) is 1.43. The zero-order valence-corrected chi connectivity index (χ0v) is 11.4. The Balaban J connectivity index is 1.90. The van der Waals surface area contributed by atoms with Gasteiger partial charge in [0.1, 0.15) is 0 Å². The van der Waals surface area contributed by atoms with Crippen molar-refractivity contribution in [3.8, 4) is 0 Å². The second-order valence-corrected chi connectivity index (χ2v) is 4.80. The summed E-state index contributed by atoms with van der Waals surface area (Å²) in [6.07, 6.45) is 1.39. The van der Waals surface area contributed by atoms with Crippen molar-refractivity contribution in [2.45, 2.75) is 13.5 Å². The minimum absolute atomic E-state index is 0.132. The van der Waals surface area contributed by atoms with Gasteiger partial charge in [0.05, 0.1) is 23.5 Å². The molecular formula is C12H12N4O3S. The second kappa shape index (κ2) is 6.11. The van der Waals surface area contributed by atoms with E-state index in [1.54, 1.807) is 0 Å². The van der Waals surface area contributed by atoms with E-state index in [-0.39, 0.29) is 12.1 Å². The number of nitrogens with zero attached hydrogens (tertiary/aromatic N) is 2. The van der Waals surface area contributed by atoms with Crippen LogP contribution in [0, 0.1) is 6.92 Å². The van der Waals surface area contributed by atoms with Crippen molar-refractivity contribution in [1.82, 2.24) is 15.3 Å². The van der Waals surface area contributed by atoms with Crippen LogP contribution in [-0.4, -0.2) is 27.1 Å². The van der Waals surface area contributed by atoms with E-state index in [4.69, 9.17) is 5.11 Å². The zero-order chi connectivity index (χ0) is 14.5. The quantitative estimate of drug-likeness (QED) is 0.798. The molecule has 0 unspecified atom stereocenters. The Kier molecular flexibility index (Phi) is 4.26. The molecule has 2 aromatic heterocycles. The summed E-state index contributed by atoms with van der Waals surface area (Å²) < 4.78 is 0. The Bertz CT molecular complexity index is 641. The molecule has 0 fully saturated rings. The number of rotatable bonds is 4. The van der Waals surface area contributed by atoms with Gasteiger partial charge in [-0.2, -0.15) is 0 Å². The molecule has 104 valence electrons. The van der Waals surface area contributed by atoms with Crippen LogP contribution >= 0.6 is 11.3 Å². The van der Waals surface area contributed by atoms with E-state index >= 15 is 0 Å². The normalized spacial score (nSPS) is 10.1. The Morgan fingerprint density at radius 3 is 2.90 bits per heavy atom. The Labute approximate surface area is 118 Å². The monoisotopic (exact) mass is 292 g/mol. The van der Waals surface area contributed by atoms with Crippen LogP contribution in [0.15, 0.2) is 23.7 Å². The molecule has 0 aliphatic carbocycles. The molecule has 20 heavy (non-hydrogen) atoms. The summed E-state index contributed by atoms with van der Waals surface area (Å²) in [7, 11) is 0. The molecule has 0 bridgehead atoms. The third kappa shape index (κ3) is 3.75. The highest BCUT2D eigenvalue weighted by Crippen LogP contribution is 2.13. The van der Waals surface area contributed by atoms with E-state index in [1.165, 1.54) is 29.7 Å². The first-order valence-electron chi connectivity index (χ1n) is 5.70. The van der Waals surface area contributed by atoms with Crippen LogP contribution in [-0.2, 0) is 6.54 Å². The molecule has 2 aromatic rings. The molecule has 2 amide bonds. The number of carboxylic acid groups (broad SMARTS) is 1. The van der Waals surface area contributed by atoms with E-state index in [1.807, 2.05) is 12.3 Å². The SMILES string of the molecule is Cc1csc(NC(=O)NCc2cc(C(=O)O)ccn2)n1. The molecule has 0 aromatic carbocycles. The lowest BCUT2D eigenvalue weighted by atomic mass is 10.2. The summed E-state index contributed by atoms with van der Waals surface area (Å²) in [6, 6.07) is 2.39. The van der Waals surface area contributed by atoms with E-state index in [0.717, 1.165) is 5.69 Å². The van der Waals surface area contributed by atoms with Gasteiger partial charge < -0.3 is 10.4 Å². The van der Waals surface area contributed by atoms with Crippen LogP contribution in [0.1, 0.15) is 21.7 Å². The summed E-state index contributed by atoms with van der Waals surface area (Å²) in [5, 5.41) is 16.4. The molecule has 7 nitrogen and oxygen atoms in total. The molecule has 0 atom stereocenters. The zero-order valence-electron chi connectivity index (χ0n) is 10.6. The van der Waals surface area contributed by atoms with Crippen molar-refractivity contribution in [2.75, 3.05) is 5.32 Å².